The summed E-state index contributed by atoms with van der Waals surface area (Å²) in [6, 6.07) is 19.6. The van der Waals surface area contributed by atoms with Crippen LogP contribution in [0, 0.1) is 25.8 Å². The van der Waals surface area contributed by atoms with Crippen LogP contribution in [0.4, 0.5) is 0 Å². The number of halogens is 2. The van der Waals surface area contributed by atoms with Gasteiger partial charge in [-0.15, -0.1) is 47.5 Å². The molecule has 32 heavy (non-hydrogen) atoms. The predicted molar refractivity (Wildman–Crippen MR) is 132 cm³/mol. The first-order valence-corrected chi connectivity index (χ1v) is 16.8. The van der Waals surface area contributed by atoms with E-state index in [1.165, 1.54) is 49.7 Å². The first-order valence-electron chi connectivity index (χ1n) is 10.6. The molecule has 3 aromatic carbocycles. The summed E-state index contributed by atoms with van der Waals surface area (Å²) in [5.41, 5.74) is 9.82. The summed E-state index contributed by atoms with van der Waals surface area (Å²) in [6.45, 7) is 17.6. The van der Waals surface area contributed by atoms with Crippen LogP contribution < -0.4 is 24.8 Å². The number of allylic oxidation sites excluding steroid dienone is 4. The molecule has 0 radical (unpaired) electrons. The van der Waals surface area contributed by atoms with Crippen LogP contribution in [0.15, 0.2) is 71.3 Å². The molecule has 0 spiro atoms. The van der Waals surface area contributed by atoms with E-state index < -0.39 is 0 Å². The average molecular weight is 561 g/mol. The zero-order chi connectivity index (χ0) is 22.4. The Kier molecular flexibility index (Phi) is 14.1. The number of fused-ring (bicyclic) bond motifs is 1. The summed E-state index contributed by atoms with van der Waals surface area (Å²) in [4.78, 5) is 0. The molecule has 4 heteroatoms. The first kappa shape index (κ1) is 31.2. The van der Waals surface area contributed by atoms with Gasteiger partial charge in [0.15, 0.2) is 0 Å². The molecule has 1 atom stereocenters. The van der Waals surface area contributed by atoms with Gasteiger partial charge < -0.3 is 24.8 Å². The standard InChI is InChI=1S/C17H15.C9H13.C2H6Si.2ClH.Zr/c1-12-10-15-8-9-16(17(15)11-13(12)2)14-6-4-3-5-7-14;1-6-5-7(2)9(4)8(6)3;1-3-2;;;/h3-11H,1-2H3;6H,1-4H3;1-2H3;2*1H;/q2*-1;;;;+2/p-2. The van der Waals surface area contributed by atoms with Crippen molar-refractivity contribution in [2.24, 2.45) is 5.92 Å². The third-order valence-electron chi connectivity index (χ3n) is 5.71. The number of hydrogen-bond donors (Lipinski definition) is 0. The summed E-state index contributed by atoms with van der Waals surface area (Å²) >= 11 is 1.74. The minimum atomic E-state index is 0. The Labute approximate surface area is 223 Å². The summed E-state index contributed by atoms with van der Waals surface area (Å²) < 4.78 is 0. The number of aryl methyl sites for hydroxylation is 2. The molecule has 0 aliphatic heterocycles. The molecule has 0 saturated heterocycles. The van der Waals surface area contributed by atoms with E-state index >= 15 is 0 Å². The second-order valence-electron chi connectivity index (χ2n) is 8.44. The Hall–Kier alpha value is -0.790. The molecule has 4 rings (SSSR count). The minimum absolute atomic E-state index is 0. The van der Waals surface area contributed by atoms with Gasteiger partial charge in [0.1, 0.15) is 0 Å². The van der Waals surface area contributed by atoms with Gasteiger partial charge in [0.2, 0.25) is 0 Å². The van der Waals surface area contributed by atoms with Gasteiger partial charge in [0.25, 0.3) is 0 Å². The third kappa shape index (κ3) is 8.53. The summed E-state index contributed by atoms with van der Waals surface area (Å²) in [6.07, 6.45) is 3.36. The molecule has 0 N–H and O–H groups in total. The second-order valence-corrected chi connectivity index (χ2v) is 17.8. The monoisotopic (exact) mass is 558 g/mol. The van der Waals surface area contributed by atoms with Gasteiger partial charge in [-0.1, -0.05) is 73.7 Å². The topological polar surface area (TPSA) is 0 Å². The van der Waals surface area contributed by atoms with Crippen molar-refractivity contribution >= 4 is 16.2 Å². The van der Waals surface area contributed by atoms with Crippen LogP contribution in [0.1, 0.15) is 38.8 Å². The van der Waals surface area contributed by atoms with Crippen molar-refractivity contribution < 1.29 is 48.1 Å². The summed E-state index contributed by atoms with van der Waals surface area (Å²) in [7, 11) is 0. The molecular formula is C28H34Cl2SiZr-2. The van der Waals surface area contributed by atoms with Crippen LogP contribution in [-0.2, 0) is 23.3 Å². The van der Waals surface area contributed by atoms with E-state index in [1.54, 1.807) is 23.3 Å². The van der Waals surface area contributed by atoms with Gasteiger partial charge in [-0.05, 0) is 13.8 Å². The van der Waals surface area contributed by atoms with Crippen molar-refractivity contribution in [3.63, 3.8) is 0 Å². The Balaban J connectivity index is 0.000000547. The molecule has 0 nitrogen and oxygen atoms in total. The zero-order valence-corrected chi connectivity index (χ0v) is 25.5. The van der Waals surface area contributed by atoms with E-state index in [4.69, 9.17) is 0 Å². The van der Waals surface area contributed by atoms with E-state index in [9.17, 15) is 0 Å². The number of rotatable bonds is 1. The van der Waals surface area contributed by atoms with Gasteiger partial charge in [-0.25, -0.2) is 5.57 Å². The normalized spacial score (nSPS) is 14.3. The Bertz CT molecular complexity index is 1090. The van der Waals surface area contributed by atoms with Crippen LogP contribution in [0.25, 0.3) is 21.9 Å². The molecule has 1 unspecified atom stereocenters. The molecule has 3 aromatic rings. The fourth-order valence-electron chi connectivity index (χ4n) is 3.50. The van der Waals surface area contributed by atoms with Crippen LogP contribution in [0.2, 0.25) is 13.1 Å². The van der Waals surface area contributed by atoms with Crippen LogP contribution in [0.5, 0.6) is 0 Å². The van der Waals surface area contributed by atoms with Crippen molar-refractivity contribution in [3.8, 4) is 11.1 Å². The SMILES string of the molecule is CC1=[C-]C(C)C(C)=C1C.C[Si](C)=[Zr+2].Cc1cc2[cH-]cc(-c3ccccc3)c2cc1C.[Cl-].[Cl-]. The van der Waals surface area contributed by atoms with Crippen molar-refractivity contribution in [1.82, 2.24) is 0 Å². The van der Waals surface area contributed by atoms with E-state index in [0.29, 0.717) is 5.92 Å². The molecule has 0 heterocycles. The van der Waals surface area contributed by atoms with Gasteiger partial charge in [-0.3, -0.25) is 6.08 Å². The molecule has 1 aliphatic carbocycles. The van der Waals surface area contributed by atoms with Crippen molar-refractivity contribution in [2.45, 2.75) is 54.6 Å². The molecule has 0 amide bonds. The molecule has 0 bridgehead atoms. The van der Waals surface area contributed by atoms with Crippen LogP contribution in [-0.4, -0.2) is 5.43 Å². The van der Waals surface area contributed by atoms with E-state index in [-0.39, 0.29) is 30.2 Å². The quantitative estimate of drug-likeness (QED) is 0.317. The maximum absolute atomic E-state index is 3.36. The largest absolute Gasteiger partial charge is 1.00 e. The molecular weight excluding hydrogens is 527 g/mol. The zero-order valence-electron chi connectivity index (χ0n) is 20.5. The van der Waals surface area contributed by atoms with E-state index in [0.717, 1.165) is 0 Å². The maximum Gasteiger partial charge on any atom is -0.0411 e. The van der Waals surface area contributed by atoms with Crippen molar-refractivity contribution in [3.05, 3.63) is 88.5 Å². The van der Waals surface area contributed by atoms with E-state index in [1.807, 2.05) is 0 Å². The maximum atomic E-state index is 3.36. The van der Waals surface area contributed by atoms with Gasteiger partial charge >= 0.3 is 41.9 Å². The van der Waals surface area contributed by atoms with Crippen molar-refractivity contribution in [1.29, 1.82) is 0 Å². The van der Waals surface area contributed by atoms with Crippen LogP contribution >= 0.6 is 0 Å². The van der Waals surface area contributed by atoms with Gasteiger partial charge in [0, 0.05) is 0 Å². The average Bonchev–Trinajstić information content (AvgIpc) is 3.19. The van der Waals surface area contributed by atoms with Crippen molar-refractivity contribution in [2.75, 3.05) is 0 Å². The summed E-state index contributed by atoms with van der Waals surface area (Å²) in [5, 5.41) is 2.70. The van der Waals surface area contributed by atoms with Crippen LogP contribution in [0.3, 0.4) is 0 Å². The molecule has 1 aliphatic rings. The Morgan fingerprint density at radius 3 is 1.88 bits per heavy atom. The fourth-order valence-corrected chi connectivity index (χ4v) is 3.50. The Morgan fingerprint density at radius 2 is 1.44 bits per heavy atom. The summed E-state index contributed by atoms with van der Waals surface area (Å²) in [5.74, 6) is 0.560. The minimum Gasteiger partial charge on any atom is -1.00 e. The molecule has 0 saturated carbocycles. The number of hydrogen-bond acceptors (Lipinski definition) is 0. The first-order chi connectivity index (χ1) is 14.1. The Morgan fingerprint density at radius 1 is 0.906 bits per heavy atom. The molecule has 0 aromatic heterocycles. The molecule has 170 valence electrons. The number of benzene rings is 2. The third-order valence-corrected chi connectivity index (χ3v) is 5.71. The second kappa shape index (κ2) is 14.5. The smallest absolute Gasteiger partial charge is 0.0411 e. The van der Waals surface area contributed by atoms with Gasteiger partial charge in [0.05, 0.1) is 0 Å². The molecule has 0 fully saturated rings. The predicted octanol–water partition coefficient (Wildman–Crippen LogP) is 2.36. The fraction of sp³-hybridized carbons (Fsp3) is 0.321. The van der Waals surface area contributed by atoms with E-state index in [2.05, 4.69) is 115 Å². The van der Waals surface area contributed by atoms with Gasteiger partial charge in [-0.2, -0.15) is 11.1 Å².